The van der Waals surface area contributed by atoms with Crippen LogP contribution in [0, 0.1) is 6.92 Å². The molecule has 0 saturated heterocycles. The van der Waals surface area contributed by atoms with E-state index in [0.29, 0.717) is 11.5 Å². The first-order chi connectivity index (χ1) is 8.97. The zero-order valence-corrected chi connectivity index (χ0v) is 10.2. The van der Waals surface area contributed by atoms with Crippen molar-refractivity contribution in [1.29, 1.82) is 0 Å². The number of benzene rings is 1. The van der Waals surface area contributed by atoms with Gasteiger partial charge in [-0.2, -0.15) is 13.2 Å². The largest absolute Gasteiger partial charge is 0.407 e. The van der Waals surface area contributed by atoms with Gasteiger partial charge in [0, 0.05) is 12.6 Å². The highest BCUT2D eigenvalue weighted by Crippen LogP contribution is 2.32. The second kappa shape index (κ2) is 5.44. The molecule has 1 atom stereocenters. The Kier molecular flexibility index (Phi) is 3.90. The highest BCUT2D eigenvalue weighted by atomic mass is 19.4. The number of rotatable bonds is 4. The van der Waals surface area contributed by atoms with Crippen molar-refractivity contribution in [2.24, 2.45) is 0 Å². The normalized spacial score (nSPS) is 13.5. The van der Waals surface area contributed by atoms with E-state index in [0.717, 1.165) is 0 Å². The molecule has 1 aromatic carbocycles. The monoisotopic (exact) mass is 270 g/mol. The van der Waals surface area contributed by atoms with E-state index in [4.69, 9.17) is 4.52 Å². The highest BCUT2D eigenvalue weighted by Gasteiger charge is 2.40. The van der Waals surface area contributed by atoms with Crippen LogP contribution in [0.25, 0.3) is 0 Å². The third-order valence-corrected chi connectivity index (χ3v) is 2.62. The summed E-state index contributed by atoms with van der Waals surface area (Å²) in [4.78, 5) is 0. The van der Waals surface area contributed by atoms with Crippen molar-refractivity contribution in [3.05, 3.63) is 53.4 Å². The predicted molar refractivity (Wildman–Crippen MR) is 63.3 cm³/mol. The first-order valence-electron chi connectivity index (χ1n) is 5.74. The second-order valence-corrected chi connectivity index (χ2v) is 4.20. The minimum atomic E-state index is -4.36. The summed E-state index contributed by atoms with van der Waals surface area (Å²) in [5, 5.41) is 6.12. The molecule has 0 aliphatic heterocycles. The van der Waals surface area contributed by atoms with Gasteiger partial charge >= 0.3 is 6.18 Å². The van der Waals surface area contributed by atoms with Crippen LogP contribution in [-0.2, 0) is 6.54 Å². The average Bonchev–Trinajstić information content (AvgIpc) is 2.75. The van der Waals surface area contributed by atoms with E-state index >= 15 is 0 Å². The summed E-state index contributed by atoms with van der Waals surface area (Å²) in [6.45, 7) is 1.69. The van der Waals surface area contributed by atoms with Gasteiger partial charge in [0.2, 0.25) is 0 Å². The van der Waals surface area contributed by atoms with Crippen molar-refractivity contribution >= 4 is 0 Å². The van der Waals surface area contributed by atoms with Crippen LogP contribution in [0.1, 0.15) is 23.1 Å². The first kappa shape index (κ1) is 13.6. The zero-order chi connectivity index (χ0) is 13.9. The molecule has 2 rings (SSSR count). The minimum absolute atomic E-state index is 0.00356. The van der Waals surface area contributed by atoms with Gasteiger partial charge in [0.1, 0.15) is 11.8 Å². The number of alkyl halides is 3. The number of nitrogens with zero attached hydrogens (tertiary/aromatic N) is 1. The molecule has 19 heavy (non-hydrogen) atoms. The summed E-state index contributed by atoms with van der Waals surface area (Å²) >= 11 is 0. The van der Waals surface area contributed by atoms with Crippen molar-refractivity contribution in [1.82, 2.24) is 10.5 Å². The lowest BCUT2D eigenvalue weighted by Gasteiger charge is -2.21. The molecular formula is C13H13F3N2O. The topological polar surface area (TPSA) is 38.1 Å². The van der Waals surface area contributed by atoms with E-state index < -0.39 is 12.2 Å². The van der Waals surface area contributed by atoms with Crippen LogP contribution in [0.4, 0.5) is 13.2 Å². The van der Waals surface area contributed by atoms with Crippen molar-refractivity contribution in [3.8, 4) is 0 Å². The Bertz CT molecular complexity index is 522. The Hall–Kier alpha value is -1.82. The quantitative estimate of drug-likeness (QED) is 0.925. The molecule has 0 fully saturated rings. The van der Waals surface area contributed by atoms with Crippen LogP contribution in [0.15, 0.2) is 40.9 Å². The van der Waals surface area contributed by atoms with E-state index in [-0.39, 0.29) is 12.1 Å². The van der Waals surface area contributed by atoms with E-state index in [1.807, 2.05) is 0 Å². The summed E-state index contributed by atoms with van der Waals surface area (Å²) in [5.41, 5.74) is 0.623. The third-order valence-electron chi connectivity index (χ3n) is 2.62. The van der Waals surface area contributed by atoms with Gasteiger partial charge in [-0.3, -0.25) is 5.32 Å². The molecule has 1 heterocycles. The number of nitrogens with one attached hydrogen (secondary N) is 1. The van der Waals surface area contributed by atoms with Gasteiger partial charge in [-0.1, -0.05) is 35.5 Å². The van der Waals surface area contributed by atoms with Gasteiger partial charge in [0.25, 0.3) is 0 Å². The summed E-state index contributed by atoms with van der Waals surface area (Å²) in [6.07, 6.45) is -4.36. The minimum Gasteiger partial charge on any atom is -0.361 e. The molecule has 0 saturated carbocycles. The number of hydrogen-bond acceptors (Lipinski definition) is 3. The molecule has 6 heteroatoms. The van der Waals surface area contributed by atoms with Crippen molar-refractivity contribution in [3.63, 3.8) is 0 Å². The molecule has 0 radical (unpaired) electrons. The Balaban J connectivity index is 2.11. The molecule has 0 bridgehead atoms. The van der Waals surface area contributed by atoms with E-state index in [2.05, 4.69) is 10.5 Å². The Morgan fingerprint density at radius 2 is 1.95 bits per heavy atom. The van der Waals surface area contributed by atoms with Crippen molar-refractivity contribution in [2.75, 3.05) is 0 Å². The van der Waals surface area contributed by atoms with Gasteiger partial charge in [-0.15, -0.1) is 0 Å². The molecule has 1 unspecified atom stereocenters. The smallest absolute Gasteiger partial charge is 0.361 e. The molecule has 0 aliphatic rings. The summed E-state index contributed by atoms with van der Waals surface area (Å²) in [7, 11) is 0. The molecule has 102 valence electrons. The third kappa shape index (κ3) is 3.57. The second-order valence-electron chi connectivity index (χ2n) is 4.20. The van der Waals surface area contributed by atoms with Crippen molar-refractivity contribution in [2.45, 2.75) is 25.7 Å². The molecule has 0 spiro atoms. The number of aryl methyl sites for hydroxylation is 1. The SMILES string of the molecule is Cc1cc(CNC(c2ccccc2)C(F)(F)F)no1. The van der Waals surface area contributed by atoms with Crippen molar-refractivity contribution < 1.29 is 17.7 Å². The van der Waals surface area contributed by atoms with Crippen LogP contribution in [0.3, 0.4) is 0 Å². The standard InChI is InChI=1S/C13H13F3N2O/c1-9-7-11(18-19-9)8-17-12(13(14,15)16)10-5-3-2-4-6-10/h2-7,12,17H,8H2,1H3. The lowest BCUT2D eigenvalue weighted by Crippen LogP contribution is -2.33. The Morgan fingerprint density at radius 3 is 2.47 bits per heavy atom. The maximum atomic E-state index is 13.0. The number of halogens is 3. The summed E-state index contributed by atoms with van der Waals surface area (Å²) in [5.74, 6) is 0.570. The zero-order valence-electron chi connectivity index (χ0n) is 10.2. The Morgan fingerprint density at radius 1 is 1.26 bits per heavy atom. The summed E-state index contributed by atoms with van der Waals surface area (Å²) in [6, 6.07) is 7.61. The van der Waals surface area contributed by atoms with Crippen LogP contribution in [0.5, 0.6) is 0 Å². The lowest BCUT2D eigenvalue weighted by molar-refractivity contribution is -0.158. The van der Waals surface area contributed by atoms with Crippen LogP contribution in [-0.4, -0.2) is 11.3 Å². The molecule has 1 N–H and O–H groups in total. The maximum Gasteiger partial charge on any atom is 0.407 e. The predicted octanol–water partition coefficient (Wildman–Crippen LogP) is 3.38. The van der Waals surface area contributed by atoms with E-state index in [1.54, 1.807) is 31.2 Å². The van der Waals surface area contributed by atoms with E-state index in [9.17, 15) is 13.2 Å². The fraction of sp³-hybridized carbons (Fsp3) is 0.308. The fourth-order valence-electron chi connectivity index (χ4n) is 1.78. The maximum absolute atomic E-state index is 13.0. The molecule has 0 aliphatic carbocycles. The molecule has 3 nitrogen and oxygen atoms in total. The van der Waals surface area contributed by atoms with Gasteiger partial charge < -0.3 is 4.52 Å². The average molecular weight is 270 g/mol. The molecule has 0 amide bonds. The van der Waals surface area contributed by atoms with Gasteiger partial charge in [0.15, 0.2) is 0 Å². The molecule has 1 aromatic heterocycles. The van der Waals surface area contributed by atoms with Crippen LogP contribution < -0.4 is 5.32 Å². The highest BCUT2D eigenvalue weighted by molar-refractivity contribution is 5.20. The molecular weight excluding hydrogens is 257 g/mol. The fourth-order valence-corrected chi connectivity index (χ4v) is 1.78. The van der Waals surface area contributed by atoms with Crippen LogP contribution in [0.2, 0.25) is 0 Å². The number of hydrogen-bond donors (Lipinski definition) is 1. The number of aromatic nitrogens is 1. The van der Waals surface area contributed by atoms with Gasteiger partial charge in [-0.25, -0.2) is 0 Å². The van der Waals surface area contributed by atoms with E-state index in [1.165, 1.54) is 12.1 Å². The summed E-state index contributed by atoms with van der Waals surface area (Å²) < 4.78 is 43.8. The first-order valence-corrected chi connectivity index (χ1v) is 5.74. The van der Waals surface area contributed by atoms with Gasteiger partial charge in [-0.05, 0) is 12.5 Å². The Labute approximate surface area is 108 Å². The lowest BCUT2D eigenvalue weighted by atomic mass is 10.1. The van der Waals surface area contributed by atoms with Crippen LogP contribution >= 0.6 is 0 Å². The van der Waals surface area contributed by atoms with Gasteiger partial charge in [0.05, 0.1) is 5.69 Å². The molecule has 2 aromatic rings.